The number of hydrogen-bond donors (Lipinski definition) is 0. The Morgan fingerprint density at radius 1 is 1.25 bits per heavy atom. The third-order valence-corrected chi connectivity index (χ3v) is 3.73. The van der Waals surface area contributed by atoms with E-state index in [1.54, 1.807) is 0 Å². The van der Waals surface area contributed by atoms with Gasteiger partial charge in [0, 0.05) is 12.4 Å². The van der Waals surface area contributed by atoms with Crippen LogP contribution < -0.4 is 0 Å². The summed E-state index contributed by atoms with van der Waals surface area (Å²) < 4.78 is 5.51. The molecule has 0 N–H and O–H groups in total. The van der Waals surface area contributed by atoms with Gasteiger partial charge >= 0.3 is 5.97 Å². The summed E-state index contributed by atoms with van der Waals surface area (Å²) in [6.45, 7) is 0. The van der Waals surface area contributed by atoms with Gasteiger partial charge in [-0.3, -0.25) is 0 Å². The Bertz CT molecular complexity index is 393. The van der Waals surface area contributed by atoms with Crippen LogP contribution in [0.4, 0.5) is 0 Å². The minimum absolute atomic E-state index is 0.131. The van der Waals surface area contributed by atoms with Crippen LogP contribution in [0, 0.1) is 11.8 Å². The maximum absolute atomic E-state index is 11.8. The van der Waals surface area contributed by atoms with Crippen molar-refractivity contribution in [2.45, 2.75) is 31.8 Å². The van der Waals surface area contributed by atoms with Crippen molar-refractivity contribution >= 4 is 5.97 Å². The number of carbonyl (C=O) groups is 1. The average Bonchev–Trinajstić information content (AvgIpc) is 2.92. The SMILES string of the molecule is O=C(O[C@@H]1C[C@H]2CC[C@@H]1C2)c1cncnc1. The normalized spacial score (nSPS) is 31.6. The van der Waals surface area contributed by atoms with Gasteiger partial charge in [0.1, 0.15) is 12.4 Å². The van der Waals surface area contributed by atoms with Gasteiger partial charge < -0.3 is 4.74 Å². The molecule has 2 bridgehead atoms. The third-order valence-electron chi connectivity index (χ3n) is 3.73. The van der Waals surface area contributed by atoms with Gasteiger partial charge in [0.05, 0.1) is 5.56 Å². The molecule has 0 radical (unpaired) electrons. The van der Waals surface area contributed by atoms with Crippen molar-refractivity contribution in [3.63, 3.8) is 0 Å². The molecule has 2 aliphatic rings. The van der Waals surface area contributed by atoms with Crippen LogP contribution in [0.25, 0.3) is 0 Å². The Morgan fingerprint density at radius 2 is 2.06 bits per heavy atom. The molecule has 1 aromatic rings. The van der Waals surface area contributed by atoms with Crippen LogP contribution in [0.15, 0.2) is 18.7 Å². The summed E-state index contributed by atoms with van der Waals surface area (Å²) in [6, 6.07) is 0. The van der Waals surface area contributed by atoms with E-state index in [1.807, 2.05) is 0 Å². The number of ether oxygens (including phenoxy) is 1. The lowest BCUT2D eigenvalue weighted by Crippen LogP contribution is -2.24. The van der Waals surface area contributed by atoms with Crippen LogP contribution in [0.2, 0.25) is 0 Å². The fraction of sp³-hybridized carbons (Fsp3) is 0.583. The maximum Gasteiger partial charge on any atom is 0.341 e. The average molecular weight is 218 g/mol. The van der Waals surface area contributed by atoms with E-state index in [2.05, 4.69) is 9.97 Å². The van der Waals surface area contributed by atoms with E-state index in [0.29, 0.717) is 11.5 Å². The Balaban J connectivity index is 1.65. The summed E-state index contributed by atoms with van der Waals surface area (Å²) in [7, 11) is 0. The first kappa shape index (κ1) is 9.75. The zero-order chi connectivity index (χ0) is 11.0. The van der Waals surface area contributed by atoms with Crippen molar-refractivity contribution < 1.29 is 9.53 Å². The van der Waals surface area contributed by atoms with Crippen LogP contribution in [-0.2, 0) is 4.74 Å². The van der Waals surface area contributed by atoms with Crippen molar-refractivity contribution in [1.82, 2.24) is 9.97 Å². The van der Waals surface area contributed by atoms with E-state index in [0.717, 1.165) is 12.3 Å². The van der Waals surface area contributed by atoms with Gasteiger partial charge in [0.15, 0.2) is 0 Å². The lowest BCUT2D eigenvalue weighted by Gasteiger charge is -2.21. The highest BCUT2D eigenvalue weighted by molar-refractivity contribution is 5.88. The molecule has 3 rings (SSSR count). The lowest BCUT2D eigenvalue weighted by atomic mass is 9.98. The second kappa shape index (κ2) is 3.85. The first-order chi connectivity index (χ1) is 7.83. The summed E-state index contributed by atoms with van der Waals surface area (Å²) in [5.41, 5.74) is 0.449. The fourth-order valence-electron chi connectivity index (χ4n) is 2.94. The molecule has 1 heterocycles. The van der Waals surface area contributed by atoms with Gasteiger partial charge in [-0.2, -0.15) is 0 Å². The number of carbonyl (C=O) groups excluding carboxylic acids is 1. The molecule has 2 aliphatic carbocycles. The molecule has 4 heteroatoms. The standard InChI is InChI=1S/C12H14N2O2/c15-12(10-5-13-7-14-6-10)16-11-4-8-1-2-9(11)3-8/h5-9,11H,1-4H2/t8-,9+,11+/m0/s1. The Morgan fingerprint density at radius 3 is 2.69 bits per heavy atom. The van der Waals surface area contributed by atoms with Gasteiger partial charge in [-0.05, 0) is 37.5 Å². The van der Waals surface area contributed by atoms with Gasteiger partial charge in [0.2, 0.25) is 0 Å². The highest BCUT2D eigenvalue weighted by Gasteiger charge is 2.41. The van der Waals surface area contributed by atoms with E-state index in [4.69, 9.17) is 4.74 Å². The molecule has 2 saturated carbocycles. The summed E-state index contributed by atoms with van der Waals surface area (Å²) in [4.78, 5) is 19.4. The van der Waals surface area contributed by atoms with Gasteiger partial charge in [-0.1, -0.05) is 0 Å². The molecule has 16 heavy (non-hydrogen) atoms. The second-order valence-corrected chi connectivity index (χ2v) is 4.75. The number of aromatic nitrogens is 2. The van der Waals surface area contributed by atoms with Crippen LogP contribution >= 0.6 is 0 Å². The first-order valence-electron chi connectivity index (χ1n) is 5.79. The molecule has 4 nitrogen and oxygen atoms in total. The predicted octanol–water partition coefficient (Wildman–Crippen LogP) is 1.82. The van der Waals surface area contributed by atoms with Gasteiger partial charge in [-0.25, -0.2) is 14.8 Å². The summed E-state index contributed by atoms with van der Waals surface area (Å²) in [5, 5.41) is 0. The summed E-state index contributed by atoms with van der Waals surface area (Å²) in [5.74, 6) is 1.10. The predicted molar refractivity (Wildman–Crippen MR) is 56.7 cm³/mol. The lowest BCUT2D eigenvalue weighted by molar-refractivity contribution is 0.0157. The van der Waals surface area contributed by atoms with Crippen LogP contribution in [0.3, 0.4) is 0 Å². The summed E-state index contributed by atoms with van der Waals surface area (Å²) >= 11 is 0. The fourth-order valence-corrected chi connectivity index (χ4v) is 2.94. The molecular weight excluding hydrogens is 204 g/mol. The zero-order valence-corrected chi connectivity index (χ0v) is 9.00. The molecular formula is C12H14N2O2. The van der Waals surface area contributed by atoms with Gasteiger partial charge in [0.25, 0.3) is 0 Å². The molecule has 2 fully saturated rings. The molecule has 0 amide bonds. The highest BCUT2D eigenvalue weighted by atomic mass is 16.5. The molecule has 0 aliphatic heterocycles. The van der Waals surface area contributed by atoms with E-state index in [1.165, 1.54) is 38.0 Å². The van der Waals surface area contributed by atoms with Crippen LogP contribution in [-0.4, -0.2) is 22.0 Å². The van der Waals surface area contributed by atoms with Crippen molar-refractivity contribution in [2.24, 2.45) is 11.8 Å². The van der Waals surface area contributed by atoms with E-state index < -0.39 is 0 Å². The number of nitrogens with zero attached hydrogens (tertiary/aromatic N) is 2. The molecule has 0 aromatic carbocycles. The Hall–Kier alpha value is -1.45. The molecule has 1 aromatic heterocycles. The van der Waals surface area contributed by atoms with Crippen LogP contribution in [0.1, 0.15) is 36.0 Å². The Kier molecular flexibility index (Phi) is 2.35. The molecule has 84 valence electrons. The van der Waals surface area contributed by atoms with Crippen molar-refractivity contribution in [1.29, 1.82) is 0 Å². The molecule has 0 spiro atoms. The second-order valence-electron chi connectivity index (χ2n) is 4.75. The third kappa shape index (κ3) is 1.68. The van der Waals surface area contributed by atoms with Crippen LogP contribution in [0.5, 0.6) is 0 Å². The Labute approximate surface area is 94.1 Å². The van der Waals surface area contributed by atoms with E-state index >= 15 is 0 Å². The van der Waals surface area contributed by atoms with Crippen molar-refractivity contribution in [2.75, 3.05) is 0 Å². The van der Waals surface area contributed by atoms with Crippen molar-refractivity contribution in [3.05, 3.63) is 24.3 Å². The monoisotopic (exact) mass is 218 g/mol. The number of esters is 1. The first-order valence-corrected chi connectivity index (χ1v) is 5.79. The topological polar surface area (TPSA) is 52.1 Å². The largest absolute Gasteiger partial charge is 0.458 e. The van der Waals surface area contributed by atoms with E-state index in [9.17, 15) is 4.79 Å². The number of fused-ring (bicyclic) bond motifs is 2. The quantitative estimate of drug-likeness (QED) is 0.710. The van der Waals surface area contributed by atoms with Crippen molar-refractivity contribution in [3.8, 4) is 0 Å². The van der Waals surface area contributed by atoms with Gasteiger partial charge in [-0.15, -0.1) is 0 Å². The minimum atomic E-state index is -0.279. The smallest absolute Gasteiger partial charge is 0.341 e. The highest BCUT2D eigenvalue weighted by Crippen LogP contribution is 2.45. The molecule has 0 unspecified atom stereocenters. The molecule has 0 saturated heterocycles. The number of hydrogen-bond acceptors (Lipinski definition) is 4. The molecule has 3 atom stereocenters. The number of rotatable bonds is 2. The maximum atomic E-state index is 11.8. The minimum Gasteiger partial charge on any atom is -0.458 e. The van der Waals surface area contributed by atoms with E-state index in [-0.39, 0.29) is 12.1 Å². The summed E-state index contributed by atoms with van der Waals surface area (Å²) in [6.07, 6.45) is 9.36. The zero-order valence-electron chi connectivity index (χ0n) is 9.00.